The number of aromatic nitrogens is 4. The molecular formula is C26H21N7O2. The van der Waals surface area contributed by atoms with Crippen molar-refractivity contribution in [1.29, 1.82) is 0 Å². The number of urea groups is 1. The average molecular weight is 464 g/mol. The van der Waals surface area contributed by atoms with Gasteiger partial charge in [0.25, 0.3) is 0 Å². The Balaban J connectivity index is 1.46. The zero-order chi connectivity index (χ0) is 24.0. The molecule has 2 aromatic heterocycles. The molecule has 0 unspecified atom stereocenters. The number of carbonyl (C=O) groups is 1. The van der Waals surface area contributed by atoms with Gasteiger partial charge in [-0.05, 0) is 36.4 Å². The third kappa shape index (κ3) is 4.83. The second-order valence-electron chi connectivity index (χ2n) is 7.44. The van der Waals surface area contributed by atoms with Crippen LogP contribution in [-0.4, -0.2) is 33.0 Å². The summed E-state index contributed by atoms with van der Waals surface area (Å²) in [6.07, 6.45) is 3.08. The highest BCUT2D eigenvalue weighted by Gasteiger charge is 2.15. The molecule has 2 amide bonds. The van der Waals surface area contributed by atoms with Crippen molar-refractivity contribution in [2.24, 2.45) is 0 Å². The molecule has 0 aliphatic carbocycles. The standard InChI is InChI=1S/C26H21N7O2/c1-27-25-30-16-29-23(33-25)20-12-7-15-28-24(20)35-22-14-13-21(18-10-5-6-11-19(18)22)32-26(34)31-17-8-3-2-4-9-17/h2-16H,1H3,(H2,31,32,34)(H,27,29,30,33). The van der Waals surface area contributed by atoms with Crippen molar-refractivity contribution in [2.75, 3.05) is 23.0 Å². The van der Waals surface area contributed by atoms with Crippen LogP contribution in [0.1, 0.15) is 0 Å². The highest BCUT2D eigenvalue weighted by molar-refractivity contribution is 6.07. The number of para-hydroxylation sites is 1. The summed E-state index contributed by atoms with van der Waals surface area (Å²) in [7, 11) is 1.74. The van der Waals surface area contributed by atoms with Crippen LogP contribution in [0.4, 0.5) is 22.1 Å². The molecule has 0 atom stereocenters. The summed E-state index contributed by atoms with van der Waals surface area (Å²) in [5.41, 5.74) is 1.98. The van der Waals surface area contributed by atoms with Gasteiger partial charge in [-0.3, -0.25) is 0 Å². The van der Waals surface area contributed by atoms with E-state index >= 15 is 0 Å². The van der Waals surface area contributed by atoms with E-state index in [4.69, 9.17) is 4.74 Å². The van der Waals surface area contributed by atoms with Crippen LogP contribution in [0.15, 0.2) is 91.4 Å². The number of hydrogen-bond acceptors (Lipinski definition) is 7. The summed E-state index contributed by atoms with van der Waals surface area (Å²) < 4.78 is 6.25. The molecule has 0 fully saturated rings. The molecule has 5 rings (SSSR count). The van der Waals surface area contributed by atoms with Gasteiger partial charge in [-0.25, -0.2) is 19.7 Å². The third-order valence-electron chi connectivity index (χ3n) is 5.18. The maximum atomic E-state index is 12.6. The molecule has 0 saturated carbocycles. The normalized spacial score (nSPS) is 10.5. The largest absolute Gasteiger partial charge is 0.438 e. The molecule has 9 nitrogen and oxygen atoms in total. The fourth-order valence-electron chi connectivity index (χ4n) is 3.57. The van der Waals surface area contributed by atoms with Crippen LogP contribution < -0.4 is 20.7 Å². The van der Waals surface area contributed by atoms with E-state index in [9.17, 15) is 4.79 Å². The van der Waals surface area contributed by atoms with Crippen LogP contribution in [-0.2, 0) is 0 Å². The van der Waals surface area contributed by atoms with Crippen molar-refractivity contribution in [3.63, 3.8) is 0 Å². The number of anilines is 3. The molecule has 0 spiro atoms. The topological polar surface area (TPSA) is 114 Å². The number of ether oxygens (including phenoxy) is 1. The van der Waals surface area contributed by atoms with Gasteiger partial charge >= 0.3 is 6.03 Å². The molecule has 0 aliphatic rings. The van der Waals surface area contributed by atoms with Crippen molar-refractivity contribution in [1.82, 2.24) is 19.9 Å². The number of amides is 2. The van der Waals surface area contributed by atoms with Crippen LogP contribution in [0.3, 0.4) is 0 Å². The van der Waals surface area contributed by atoms with E-state index in [1.165, 1.54) is 6.33 Å². The van der Waals surface area contributed by atoms with Crippen LogP contribution in [0.2, 0.25) is 0 Å². The SMILES string of the molecule is CNc1ncnc(-c2cccnc2Oc2ccc(NC(=O)Nc3ccccc3)c3ccccc23)n1. The summed E-state index contributed by atoms with van der Waals surface area (Å²) in [5.74, 6) is 1.82. The maximum Gasteiger partial charge on any atom is 0.323 e. The number of pyridine rings is 1. The highest BCUT2D eigenvalue weighted by Crippen LogP contribution is 2.36. The summed E-state index contributed by atoms with van der Waals surface area (Å²) in [4.78, 5) is 29.7. The van der Waals surface area contributed by atoms with Crippen LogP contribution in [0, 0.1) is 0 Å². The minimum Gasteiger partial charge on any atom is -0.438 e. The lowest BCUT2D eigenvalue weighted by Gasteiger charge is -2.14. The Morgan fingerprint density at radius 2 is 1.60 bits per heavy atom. The van der Waals surface area contributed by atoms with E-state index in [0.29, 0.717) is 40.3 Å². The molecule has 0 bridgehead atoms. The minimum absolute atomic E-state index is 0.336. The summed E-state index contributed by atoms with van der Waals surface area (Å²) in [6.45, 7) is 0. The van der Waals surface area contributed by atoms with Crippen molar-refractivity contribution in [2.45, 2.75) is 0 Å². The van der Waals surface area contributed by atoms with Gasteiger partial charge in [0.15, 0.2) is 5.82 Å². The summed E-state index contributed by atoms with van der Waals surface area (Å²) in [6, 6.07) is 23.8. The molecule has 0 aliphatic heterocycles. The first-order chi connectivity index (χ1) is 17.2. The monoisotopic (exact) mass is 463 g/mol. The Hall–Kier alpha value is -5.05. The van der Waals surface area contributed by atoms with Crippen LogP contribution >= 0.6 is 0 Å². The van der Waals surface area contributed by atoms with Crippen LogP contribution in [0.25, 0.3) is 22.2 Å². The predicted octanol–water partition coefficient (Wildman–Crippen LogP) is 5.56. The molecule has 9 heteroatoms. The first-order valence-electron chi connectivity index (χ1n) is 10.9. The van der Waals surface area contributed by atoms with E-state index in [1.54, 1.807) is 31.4 Å². The molecule has 2 heterocycles. The average Bonchev–Trinajstić information content (AvgIpc) is 2.91. The second-order valence-corrected chi connectivity index (χ2v) is 7.44. The van der Waals surface area contributed by atoms with Gasteiger partial charge in [-0.2, -0.15) is 4.98 Å². The van der Waals surface area contributed by atoms with Crippen LogP contribution in [0.5, 0.6) is 11.6 Å². The van der Waals surface area contributed by atoms with E-state index in [2.05, 4.69) is 35.9 Å². The first kappa shape index (κ1) is 21.8. The Kier molecular flexibility index (Phi) is 6.12. The Morgan fingerprint density at radius 1 is 0.800 bits per heavy atom. The Bertz CT molecular complexity index is 1490. The van der Waals surface area contributed by atoms with E-state index < -0.39 is 0 Å². The fraction of sp³-hybridized carbons (Fsp3) is 0.0385. The molecule has 172 valence electrons. The molecule has 35 heavy (non-hydrogen) atoms. The van der Waals surface area contributed by atoms with Gasteiger partial charge in [0.2, 0.25) is 11.8 Å². The number of carbonyl (C=O) groups excluding carboxylic acids is 1. The minimum atomic E-state index is -0.336. The van der Waals surface area contributed by atoms with E-state index in [0.717, 1.165) is 10.8 Å². The molecule has 0 saturated heterocycles. The summed E-state index contributed by atoms with van der Waals surface area (Å²) in [5, 5.41) is 10.3. The number of rotatable bonds is 6. The molecule has 3 aromatic carbocycles. The fourth-order valence-corrected chi connectivity index (χ4v) is 3.57. The molecule has 0 radical (unpaired) electrons. The molecule has 3 N–H and O–H groups in total. The molecular weight excluding hydrogens is 442 g/mol. The number of hydrogen-bond donors (Lipinski definition) is 3. The molecule has 5 aromatic rings. The number of nitrogens with zero attached hydrogens (tertiary/aromatic N) is 4. The van der Waals surface area contributed by atoms with Crippen molar-refractivity contribution in [3.05, 3.63) is 91.4 Å². The maximum absolute atomic E-state index is 12.6. The van der Waals surface area contributed by atoms with Gasteiger partial charge in [0.05, 0.1) is 11.3 Å². The van der Waals surface area contributed by atoms with Gasteiger partial charge < -0.3 is 20.7 Å². The lowest BCUT2D eigenvalue weighted by atomic mass is 10.1. The first-order valence-corrected chi connectivity index (χ1v) is 10.9. The van der Waals surface area contributed by atoms with E-state index in [1.807, 2.05) is 60.7 Å². The third-order valence-corrected chi connectivity index (χ3v) is 5.18. The number of nitrogens with one attached hydrogen (secondary N) is 3. The van der Waals surface area contributed by atoms with Crippen molar-refractivity contribution < 1.29 is 9.53 Å². The lowest BCUT2D eigenvalue weighted by molar-refractivity contribution is 0.262. The summed E-state index contributed by atoms with van der Waals surface area (Å²) >= 11 is 0. The zero-order valence-electron chi connectivity index (χ0n) is 18.8. The highest BCUT2D eigenvalue weighted by atomic mass is 16.5. The Morgan fingerprint density at radius 3 is 2.43 bits per heavy atom. The van der Waals surface area contributed by atoms with Crippen molar-refractivity contribution >= 4 is 34.1 Å². The van der Waals surface area contributed by atoms with Gasteiger partial charge in [-0.15, -0.1) is 0 Å². The lowest BCUT2D eigenvalue weighted by Crippen LogP contribution is -2.19. The quantitative estimate of drug-likeness (QED) is 0.302. The zero-order valence-corrected chi connectivity index (χ0v) is 18.8. The Labute approximate surface area is 201 Å². The van der Waals surface area contributed by atoms with Gasteiger partial charge in [0.1, 0.15) is 12.1 Å². The number of fused-ring (bicyclic) bond motifs is 1. The predicted molar refractivity (Wildman–Crippen MR) is 136 cm³/mol. The number of benzene rings is 3. The smallest absolute Gasteiger partial charge is 0.323 e. The second kappa shape index (κ2) is 9.84. The van der Waals surface area contributed by atoms with Gasteiger partial charge in [0, 0.05) is 29.7 Å². The van der Waals surface area contributed by atoms with Gasteiger partial charge in [-0.1, -0.05) is 42.5 Å². The van der Waals surface area contributed by atoms with E-state index in [-0.39, 0.29) is 6.03 Å². The van der Waals surface area contributed by atoms with Crippen molar-refractivity contribution in [3.8, 4) is 23.0 Å².